The van der Waals surface area contributed by atoms with Crippen LogP contribution in [0, 0.1) is 19.7 Å². The largest absolute Gasteiger partial charge is 0.461 e. The molecule has 0 amide bonds. The molecule has 6 nitrogen and oxygen atoms in total. The van der Waals surface area contributed by atoms with E-state index < -0.39 is 21.8 Å². The lowest BCUT2D eigenvalue weighted by Gasteiger charge is -2.09. The molecule has 0 radical (unpaired) electrons. The van der Waals surface area contributed by atoms with Gasteiger partial charge in [0, 0.05) is 16.9 Å². The molecule has 0 aliphatic rings. The lowest BCUT2D eigenvalue weighted by Crippen LogP contribution is -2.15. The summed E-state index contributed by atoms with van der Waals surface area (Å²) < 4.78 is 45.2. The Labute approximate surface area is 133 Å². The standard InChI is InChI=1S/C15H17FN2O4S/c1-4-22-15(19)13-9(2)14(10(3)17-13)23(20,21)18-12-7-5-11(16)6-8-12/h5-8,17-18H,4H2,1-3H3. The molecular weight excluding hydrogens is 323 g/mol. The van der Waals surface area contributed by atoms with Crippen LogP contribution in [-0.4, -0.2) is 26.0 Å². The van der Waals surface area contributed by atoms with Gasteiger partial charge in [0.15, 0.2) is 0 Å². The number of ether oxygens (including phenoxy) is 1. The van der Waals surface area contributed by atoms with Crippen LogP contribution < -0.4 is 4.72 Å². The number of hydrogen-bond acceptors (Lipinski definition) is 4. The van der Waals surface area contributed by atoms with Crippen LogP contribution in [-0.2, 0) is 14.8 Å². The second-order valence-corrected chi connectivity index (χ2v) is 6.53. The van der Waals surface area contributed by atoms with Crippen molar-refractivity contribution in [3.8, 4) is 0 Å². The zero-order valence-corrected chi connectivity index (χ0v) is 13.8. The maximum absolute atomic E-state index is 12.9. The lowest BCUT2D eigenvalue weighted by atomic mass is 10.2. The highest BCUT2D eigenvalue weighted by atomic mass is 32.2. The molecule has 0 fully saturated rings. The summed E-state index contributed by atoms with van der Waals surface area (Å²) in [5, 5.41) is 0. The minimum atomic E-state index is -3.93. The molecule has 0 saturated carbocycles. The van der Waals surface area contributed by atoms with Gasteiger partial charge in [-0.3, -0.25) is 4.72 Å². The fourth-order valence-electron chi connectivity index (χ4n) is 2.27. The molecule has 0 bridgehead atoms. The van der Waals surface area contributed by atoms with Gasteiger partial charge in [-0.15, -0.1) is 0 Å². The van der Waals surface area contributed by atoms with Crippen LogP contribution in [0.25, 0.3) is 0 Å². The molecule has 2 rings (SSSR count). The minimum Gasteiger partial charge on any atom is -0.461 e. The van der Waals surface area contributed by atoms with Crippen molar-refractivity contribution in [1.29, 1.82) is 0 Å². The number of hydrogen-bond donors (Lipinski definition) is 2. The summed E-state index contributed by atoms with van der Waals surface area (Å²) in [7, 11) is -3.93. The second kappa shape index (κ2) is 6.41. The van der Waals surface area contributed by atoms with E-state index in [4.69, 9.17) is 4.74 Å². The van der Waals surface area contributed by atoms with Crippen molar-refractivity contribution in [2.24, 2.45) is 0 Å². The SMILES string of the molecule is CCOC(=O)c1[nH]c(C)c(S(=O)(=O)Nc2ccc(F)cc2)c1C. The maximum Gasteiger partial charge on any atom is 0.355 e. The third-order valence-corrected chi connectivity index (χ3v) is 4.87. The Balaban J connectivity index is 2.40. The van der Waals surface area contributed by atoms with Gasteiger partial charge in [-0.05, 0) is 45.0 Å². The molecule has 1 aromatic carbocycles. The van der Waals surface area contributed by atoms with Crippen molar-refractivity contribution in [3.05, 3.63) is 47.0 Å². The fourth-order valence-corrected chi connectivity index (χ4v) is 3.78. The number of H-pyrrole nitrogens is 1. The van der Waals surface area contributed by atoms with Gasteiger partial charge in [0.2, 0.25) is 0 Å². The lowest BCUT2D eigenvalue weighted by molar-refractivity contribution is 0.0519. The van der Waals surface area contributed by atoms with E-state index in [0.29, 0.717) is 5.69 Å². The van der Waals surface area contributed by atoms with Gasteiger partial charge in [-0.25, -0.2) is 17.6 Å². The smallest absolute Gasteiger partial charge is 0.355 e. The highest BCUT2D eigenvalue weighted by molar-refractivity contribution is 7.92. The third kappa shape index (κ3) is 3.53. The van der Waals surface area contributed by atoms with E-state index in [0.717, 1.165) is 12.1 Å². The molecule has 23 heavy (non-hydrogen) atoms. The summed E-state index contributed by atoms with van der Waals surface area (Å²) in [5.74, 6) is -1.08. The monoisotopic (exact) mass is 340 g/mol. The van der Waals surface area contributed by atoms with E-state index >= 15 is 0 Å². The summed E-state index contributed by atoms with van der Waals surface area (Å²) in [6, 6.07) is 4.93. The number of aryl methyl sites for hydroxylation is 1. The van der Waals surface area contributed by atoms with Crippen LogP contribution in [0.5, 0.6) is 0 Å². The maximum atomic E-state index is 12.9. The number of anilines is 1. The van der Waals surface area contributed by atoms with Crippen molar-refractivity contribution in [2.45, 2.75) is 25.7 Å². The molecule has 124 valence electrons. The Hall–Kier alpha value is -2.35. The predicted octanol–water partition coefficient (Wildman–Crippen LogP) is 2.75. The number of esters is 1. The third-order valence-electron chi connectivity index (χ3n) is 3.21. The van der Waals surface area contributed by atoms with Gasteiger partial charge >= 0.3 is 5.97 Å². The molecule has 2 aromatic rings. The summed E-state index contributed by atoms with van der Waals surface area (Å²) >= 11 is 0. The topological polar surface area (TPSA) is 88.3 Å². The number of benzene rings is 1. The Bertz CT molecular complexity index is 826. The van der Waals surface area contributed by atoms with Gasteiger partial charge < -0.3 is 9.72 Å². The molecule has 0 unspecified atom stereocenters. The number of rotatable bonds is 5. The van der Waals surface area contributed by atoms with E-state index in [9.17, 15) is 17.6 Å². The summed E-state index contributed by atoms with van der Waals surface area (Å²) in [6.07, 6.45) is 0. The Kier molecular flexibility index (Phi) is 4.74. The highest BCUT2D eigenvalue weighted by Gasteiger charge is 2.27. The van der Waals surface area contributed by atoms with E-state index in [-0.39, 0.29) is 28.4 Å². The van der Waals surface area contributed by atoms with Gasteiger partial charge in [0.05, 0.1) is 6.61 Å². The zero-order chi connectivity index (χ0) is 17.2. The number of aromatic nitrogens is 1. The summed E-state index contributed by atoms with van der Waals surface area (Å²) in [4.78, 5) is 14.6. The number of carbonyl (C=O) groups excluding carboxylic acids is 1. The van der Waals surface area contributed by atoms with Gasteiger partial charge in [0.1, 0.15) is 16.4 Å². The molecule has 2 N–H and O–H groups in total. The predicted molar refractivity (Wildman–Crippen MR) is 83.4 cm³/mol. The van der Waals surface area contributed by atoms with Crippen LogP contribution in [0.4, 0.5) is 10.1 Å². The Morgan fingerprint density at radius 3 is 2.43 bits per heavy atom. The highest BCUT2D eigenvalue weighted by Crippen LogP contribution is 2.26. The number of halogens is 1. The van der Waals surface area contributed by atoms with Crippen molar-refractivity contribution < 1.29 is 22.3 Å². The molecule has 0 aliphatic carbocycles. The average Bonchev–Trinajstić information content (AvgIpc) is 2.77. The summed E-state index contributed by atoms with van der Waals surface area (Å²) in [5.41, 5.74) is 0.920. The number of carbonyl (C=O) groups is 1. The van der Waals surface area contributed by atoms with E-state index in [1.807, 2.05) is 0 Å². The molecule has 8 heteroatoms. The normalized spacial score (nSPS) is 11.3. The first-order chi connectivity index (χ1) is 10.8. The van der Waals surface area contributed by atoms with Crippen LogP contribution >= 0.6 is 0 Å². The number of sulfonamides is 1. The van der Waals surface area contributed by atoms with Crippen molar-refractivity contribution in [1.82, 2.24) is 4.98 Å². The first kappa shape index (κ1) is 17.0. The van der Waals surface area contributed by atoms with Crippen LogP contribution in [0.1, 0.15) is 28.7 Å². The Morgan fingerprint density at radius 2 is 1.87 bits per heavy atom. The molecule has 0 aliphatic heterocycles. The van der Waals surface area contributed by atoms with Gasteiger partial charge in [0.25, 0.3) is 10.0 Å². The molecule has 0 saturated heterocycles. The van der Waals surface area contributed by atoms with Crippen molar-refractivity contribution >= 4 is 21.7 Å². The van der Waals surface area contributed by atoms with E-state index in [2.05, 4.69) is 9.71 Å². The second-order valence-electron chi connectivity index (χ2n) is 4.91. The molecule has 0 atom stereocenters. The molecule has 1 aromatic heterocycles. The van der Waals surface area contributed by atoms with Crippen LogP contribution in [0.3, 0.4) is 0 Å². The molecule has 1 heterocycles. The Morgan fingerprint density at radius 1 is 1.26 bits per heavy atom. The first-order valence-corrected chi connectivity index (χ1v) is 8.39. The van der Waals surface area contributed by atoms with Gasteiger partial charge in [-0.1, -0.05) is 0 Å². The van der Waals surface area contributed by atoms with Crippen molar-refractivity contribution in [2.75, 3.05) is 11.3 Å². The zero-order valence-electron chi connectivity index (χ0n) is 12.9. The average molecular weight is 340 g/mol. The number of aromatic amines is 1. The molecular formula is C15H17FN2O4S. The minimum absolute atomic E-state index is 0.0233. The fraction of sp³-hybridized carbons (Fsp3) is 0.267. The number of nitrogens with one attached hydrogen (secondary N) is 2. The van der Waals surface area contributed by atoms with Crippen LogP contribution in [0.15, 0.2) is 29.2 Å². The van der Waals surface area contributed by atoms with E-state index in [1.165, 1.54) is 19.1 Å². The van der Waals surface area contributed by atoms with Crippen molar-refractivity contribution in [3.63, 3.8) is 0 Å². The quantitative estimate of drug-likeness (QED) is 0.819. The summed E-state index contributed by atoms with van der Waals surface area (Å²) in [6.45, 7) is 4.92. The van der Waals surface area contributed by atoms with Crippen LogP contribution in [0.2, 0.25) is 0 Å². The van der Waals surface area contributed by atoms with E-state index in [1.54, 1.807) is 13.8 Å². The van der Waals surface area contributed by atoms with Gasteiger partial charge in [-0.2, -0.15) is 0 Å². The first-order valence-electron chi connectivity index (χ1n) is 6.91. The molecule has 0 spiro atoms.